The van der Waals surface area contributed by atoms with Crippen molar-refractivity contribution < 1.29 is 5.21 Å². The van der Waals surface area contributed by atoms with Crippen LogP contribution in [0.3, 0.4) is 0 Å². The molecule has 38 valence electrons. The summed E-state index contributed by atoms with van der Waals surface area (Å²) in [5.74, 6) is 0. The normalized spacial score (nSPS) is 5.67. The van der Waals surface area contributed by atoms with Gasteiger partial charge in [0.1, 0.15) is 0 Å². The van der Waals surface area contributed by atoms with Gasteiger partial charge in [-0.15, -0.1) is 0 Å². The van der Waals surface area contributed by atoms with E-state index < -0.39 is 0 Å². The van der Waals surface area contributed by atoms with Crippen LogP contribution in [0, 0.1) is 0 Å². The van der Waals surface area contributed by atoms with Gasteiger partial charge in [0.15, 0.2) is 0 Å². The maximum absolute atomic E-state index is 7.73. The van der Waals surface area contributed by atoms with Crippen molar-refractivity contribution in [1.82, 2.24) is 0 Å². The summed E-state index contributed by atoms with van der Waals surface area (Å²) in [6.45, 7) is 3.44. The van der Waals surface area contributed by atoms with Gasteiger partial charge in [0.2, 0.25) is 0 Å². The van der Waals surface area contributed by atoms with Crippen LogP contribution in [0.5, 0.6) is 0 Å². The van der Waals surface area contributed by atoms with E-state index >= 15 is 0 Å². The van der Waals surface area contributed by atoms with E-state index in [9.17, 15) is 0 Å². The highest BCUT2D eigenvalue weighted by molar-refractivity contribution is 5.78. The molecule has 0 fully saturated rings. The Bertz CT molecular complexity index is 45.5. The van der Waals surface area contributed by atoms with Crippen LogP contribution < -0.4 is 0 Å². The lowest BCUT2D eigenvalue weighted by atomic mass is 10.5. The Hall–Kier alpha value is -0.530. The second-order valence-corrected chi connectivity index (χ2v) is 1.05. The average Bonchev–Trinajstić information content (AvgIpc) is 1.38. The lowest BCUT2D eigenvalue weighted by molar-refractivity contribution is 0.318. The molecule has 2 nitrogen and oxygen atoms in total. The maximum Gasteiger partial charge on any atom is 0.0509 e. The SMILES string of the molecule is C.CC(C)=NO. The molecule has 0 unspecified atom stereocenters. The molecule has 0 amide bonds. The fourth-order valence-corrected chi connectivity index (χ4v) is 0. The van der Waals surface area contributed by atoms with Crippen molar-refractivity contribution in [3.05, 3.63) is 0 Å². The van der Waals surface area contributed by atoms with Gasteiger partial charge < -0.3 is 5.21 Å². The summed E-state index contributed by atoms with van der Waals surface area (Å²) >= 11 is 0. The fourth-order valence-electron chi connectivity index (χ4n) is 0. The van der Waals surface area contributed by atoms with Gasteiger partial charge in [-0.05, 0) is 13.8 Å². The molecular weight excluding hydrogens is 78.0 g/mol. The van der Waals surface area contributed by atoms with Gasteiger partial charge in [-0.1, -0.05) is 12.6 Å². The van der Waals surface area contributed by atoms with Gasteiger partial charge in [-0.3, -0.25) is 0 Å². The zero-order valence-corrected chi connectivity index (χ0v) is 3.39. The minimum absolute atomic E-state index is 0. The predicted octanol–water partition coefficient (Wildman–Crippen LogP) is 1.49. The largest absolute Gasteiger partial charge is 0.411 e. The first-order chi connectivity index (χ1) is 2.27. The zero-order valence-electron chi connectivity index (χ0n) is 3.39. The predicted molar refractivity (Wildman–Crippen MR) is 27.3 cm³/mol. The molecule has 0 aliphatic carbocycles. The summed E-state index contributed by atoms with van der Waals surface area (Å²) in [6, 6.07) is 0. The first-order valence-corrected chi connectivity index (χ1v) is 1.42. The van der Waals surface area contributed by atoms with Gasteiger partial charge in [0.25, 0.3) is 0 Å². The summed E-state index contributed by atoms with van der Waals surface area (Å²) in [5.41, 5.74) is 0.685. The van der Waals surface area contributed by atoms with Crippen molar-refractivity contribution in [2.45, 2.75) is 21.3 Å². The molecule has 0 aromatic rings. The number of rotatable bonds is 0. The van der Waals surface area contributed by atoms with Crippen LogP contribution in [0.2, 0.25) is 0 Å². The van der Waals surface area contributed by atoms with Crippen LogP contribution in [0.4, 0.5) is 0 Å². The molecule has 0 atom stereocenters. The van der Waals surface area contributed by atoms with Gasteiger partial charge in [0.05, 0.1) is 5.71 Å². The highest BCUT2D eigenvalue weighted by Crippen LogP contribution is 1.62. The fraction of sp³-hybridized carbons (Fsp3) is 0.750. The maximum atomic E-state index is 7.73. The highest BCUT2D eigenvalue weighted by Gasteiger charge is 1.65. The van der Waals surface area contributed by atoms with E-state index in [1.807, 2.05) is 0 Å². The van der Waals surface area contributed by atoms with E-state index in [0.717, 1.165) is 0 Å². The summed E-state index contributed by atoms with van der Waals surface area (Å²) in [4.78, 5) is 0. The third-order valence-corrected chi connectivity index (χ3v) is 0.200. The lowest BCUT2D eigenvalue weighted by Crippen LogP contribution is -1.74. The molecule has 0 aromatic carbocycles. The van der Waals surface area contributed by atoms with Crippen molar-refractivity contribution in [3.8, 4) is 0 Å². The van der Waals surface area contributed by atoms with E-state index in [0.29, 0.717) is 5.71 Å². The molecule has 0 aliphatic rings. The van der Waals surface area contributed by atoms with Crippen molar-refractivity contribution in [2.24, 2.45) is 5.16 Å². The summed E-state index contributed by atoms with van der Waals surface area (Å²) in [7, 11) is 0. The minimum atomic E-state index is 0. The number of oxime groups is 1. The number of hydrogen-bond acceptors (Lipinski definition) is 2. The lowest BCUT2D eigenvalue weighted by Gasteiger charge is -1.72. The Morgan fingerprint density at radius 1 is 1.50 bits per heavy atom. The molecule has 0 radical (unpaired) electrons. The smallest absolute Gasteiger partial charge is 0.0509 e. The van der Waals surface area contributed by atoms with Crippen LogP contribution in [0.25, 0.3) is 0 Å². The average molecular weight is 89.1 g/mol. The van der Waals surface area contributed by atoms with E-state index in [1.54, 1.807) is 13.8 Å². The van der Waals surface area contributed by atoms with Crippen molar-refractivity contribution in [1.29, 1.82) is 0 Å². The molecule has 1 N–H and O–H groups in total. The monoisotopic (exact) mass is 89.1 g/mol. The second kappa shape index (κ2) is 4.47. The summed E-state index contributed by atoms with van der Waals surface area (Å²) < 4.78 is 0. The molecule has 6 heavy (non-hydrogen) atoms. The van der Waals surface area contributed by atoms with Crippen LogP contribution in [-0.2, 0) is 0 Å². The van der Waals surface area contributed by atoms with Crippen LogP contribution in [-0.4, -0.2) is 10.9 Å². The van der Waals surface area contributed by atoms with Gasteiger partial charge >= 0.3 is 0 Å². The first kappa shape index (κ1) is 9.08. The Balaban J connectivity index is 0. The molecule has 0 aromatic heterocycles. The summed E-state index contributed by atoms with van der Waals surface area (Å²) in [6.07, 6.45) is 0. The van der Waals surface area contributed by atoms with Crippen LogP contribution in [0.15, 0.2) is 5.16 Å². The molecule has 0 rings (SSSR count). The van der Waals surface area contributed by atoms with Crippen molar-refractivity contribution in [3.63, 3.8) is 0 Å². The van der Waals surface area contributed by atoms with Gasteiger partial charge in [0, 0.05) is 0 Å². The molecule has 0 aliphatic heterocycles. The zero-order chi connectivity index (χ0) is 4.28. The highest BCUT2D eigenvalue weighted by atomic mass is 16.4. The van der Waals surface area contributed by atoms with E-state index in [2.05, 4.69) is 5.16 Å². The number of nitrogens with zero attached hydrogens (tertiary/aromatic N) is 1. The molecular formula is C4H11NO. The molecule has 0 saturated heterocycles. The van der Waals surface area contributed by atoms with Crippen molar-refractivity contribution in [2.75, 3.05) is 0 Å². The van der Waals surface area contributed by atoms with E-state index in [-0.39, 0.29) is 7.43 Å². The Morgan fingerprint density at radius 2 is 1.67 bits per heavy atom. The van der Waals surface area contributed by atoms with Gasteiger partial charge in [-0.25, -0.2) is 0 Å². The standard InChI is InChI=1S/C3H7NO.CH4/c1-3(2)4-5;/h5H,1-2H3;1H4. The Labute approximate surface area is 38.5 Å². The Morgan fingerprint density at radius 3 is 1.67 bits per heavy atom. The molecule has 2 heteroatoms. The third-order valence-electron chi connectivity index (χ3n) is 0.200. The van der Waals surface area contributed by atoms with Crippen LogP contribution in [0.1, 0.15) is 21.3 Å². The Kier molecular flexibility index (Phi) is 6.76. The molecule has 0 spiro atoms. The van der Waals surface area contributed by atoms with E-state index in [4.69, 9.17) is 5.21 Å². The van der Waals surface area contributed by atoms with E-state index in [1.165, 1.54) is 0 Å². The van der Waals surface area contributed by atoms with Gasteiger partial charge in [-0.2, -0.15) is 0 Å². The topological polar surface area (TPSA) is 32.6 Å². The molecule has 0 heterocycles. The second-order valence-electron chi connectivity index (χ2n) is 1.05. The molecule has 0 bridgehead atoms. The quantitative estimate of drug-likeness (QED) is 0.272. The summed E-state index contributed by atoms with van der Waals surface area (Å²) in [5, 5.41) is 10.5. The third kappa shape index (κ3) is 9.80. The number of hydrogen-bond donors (Lipinski definition) is 1. The van der Waals surface area contributed by atoms with Crippen LogP contribution >= 0.6 is 0 Å². The molecule has 0 saturated carbocycles. The minimum Gasteiger partial charge on any atom is -0.411 e. The van der Waals surface area contributed by atoms with Crippen molar-refractivity contribution >= 4 is 5.71 Å². The first-order valence-electron chi connectivity index (χ1n) is 1.42.